The zero-order valence-corrected chi connectivity index (χ0v) is 19.4. The van der Waals surface area contributed by atoms with Gasteiger partial charge in [0.1, 0.15) is 0 Å². The summed E-state index contributed by atoms with van der Waals surface area (Å²) >= 11 is 0. The summed E-state index contributed by atoms with van der Waals surface area (Å²) in [7, 11) is 1.47. The molecule has 2 rings (SSSR count). The Balaban J connectivity index is 0.00000338. The SMILES string of the molecule is CCNC(=NC[C@H]1CCCN1CC(C)C)N1CC(C)C(C(=O)OC)C1.I. The van der Waals surface area contributed by atoms with Gasteiger partial charge in [0.2, 0.25) is 0 Å². The van der Waals surface area contributed by atoms with E-state index in [-0.39, 0.29) is 35.9 Å². The van der Waals surface area contributed by atoms with Gasteiger partial charge in [0.05, 0.1) is 19.6 Å². The maximum absolute atomic E-state index is 11.9. The Morgan fingerprint density at radius 1 is 1.35 bits per heavy atom. The minimum Gasteiger partial charge on any atom is -0.469 e. The summed E-state index contributed by atoms with van der Waals surface area (Å²) in [6.07, 6.45) is 2.51. The smallest absolute Gasteiger partial charge is 0.310 e. The number of halogens is 1. The molecule has 2 fully saturated rings. The number of guanidine groups is 1. The zero-order chi connectivity index (χ0) is 18.4. The van der Waals surface area contributed by atoms with Crippen molar-refractivity contribution in [3.8, 4) is 0 Å². The van der Waals surface area contributed by atoms with Crippen molar-refractivity contribution < 1.29 is 9.53 Å². The molecule has 0 bridgehead atoms. The first-order valence-corrected chi connectivity index (χ1v) is 9.81. The van der Waals surface area contributed by atoms with Gasteiger partial charge in [-0.3, -0.25) is 14.7 Å². The predicted molar refractivity (Wildman–Crippen MR) is 117 cm³/mol. The Morgan fingerprint density at radius 3 is 2.69 bits per heavy atom. The number of rotatable bonds is 6. The molecule has 26 heavy (non-hydrogen) atoms. The zero-order valence-electron chi connectivity index (χ0n) is 17.0. The summed E-state index contributed by atoms with van der Waals surface area (Å²) < 4.78 is 4.95. The number of esters is 1. The highest BCUT2D eigenvalue weighted by Gasteiger charge is 2.37. The van der Waals surface area contributed by atoms with Crippen molar-refractivity contribution in [2.45, 2.75) is 46.6 Å². The normalized spacial score (nSPS) is 26.9. The van der Waals surface area contributed by atoms with Crippen molar-refractivity contribution in [3.05, 3.63) is 0 Å². The molecule has 2 saturated heterocycles. The second-order valence-corrected chi connectivity index (χ2v) is 7.89. The summed E-state index contributed by atoms with van der Waals surface area (Å²) in [6.45, 7) is 14.3. The van der Waals surface area contributed by atoms with Crippen molar-refractivity contribution in [1.82, 2.24) is 15.1 Å². The maximum Gasteiger partial charge on any atom is 0.310 e. The fourth-order valence-electron chi connectivity index (χ4n) is 4.03. The summed E-state index contributed by atoms with van der Waals surface area (Å²) in [5, 5.41) is 3.41. The van der Waals surface area contributed by atoms with Crippen molar-refractivity contribution >= 4 is 35.9 Å². The molecule has 0 aromatic heterocycles. The van der Waals surface area contributed by atoms with E-state index in [4.69, 9.17) is 9.73 Å². The number of hydrogen-bond acceptors (Lipinski definition) is 4. The fourth-order valence-corrected chi connectivity index (χ4v) is 4.03. The molecule has 0 saturated carbocycles. The Hall–Kier alpha value is -0.570. The number of nitrogens with zero attached hydrogens (tertiary/aromatic N) is 3. The van der Waals surface area contributed by atoms with Gasteiger partial charge in [0.25, 0.3) is 0 Å². The number of hydrogen-bond donors (Lipinski definition) is 1. The minimum atomic E-state index is -0.107. The van der Waals surface area contributed by atoms with Crippen LogP contribution in [0.5, 0.6) is 0 Å². The lowest BCUT2D eigenvalue weighted by molar-refractivity contribution is -0.145. The maximum atomic E-state index is 11.9. The molecule has 0 amide bonds. The van der Waals surface area contributed by atoms with Crippen LogP contribution in [0.1, 0.15) is 40.5 Å². The molecule has 0 aromatic carbocycles. The van der Waals surface area contributed by atoms with Gasteiger partial charge in [-0.15, -0.1) is 24.0 Å². The fraction of sp³-hybridized carbons (Fsp3) is 0.895. The molecule has 2 aliphatic heterocycles. The van der Waals surface area contributed by atoms with Gasteiger partial charge < -0.3 is 15.0 Å². The third-order valence-corrected chi connectivity index (χ3v) is 5.30. The Labute approximate surface area is 176 Å². The molecule has 6 nitrogen and oxygen atoms in total. The Morgan fingerprint density at radius 2 is 2.08 bits per heavy atom. The number of methoxy groups -OCH3 is 1. The van der Waals surface area contributed by atoms with E-state index in [9.17, 15) is 4.79 Å². The Kier molecular flexibility index (Phi) is 10.2. The molecule has 0 aromatic rings. The number of carbonyl (C=O) groups is 1. The molecule has 0 aliphatic carbocycles. The summed E-state index contributed by atoms with van der Waals surface area (Å²) in [5.74, 6) is 1.76. The van der Waals surface area contributed by atoms with Gasteiger partial charge in [-0.05, 0) is 38.1 Å². The molecule has 152 valence electrons. The highest BCUT2D eigenvalue weighted by atomic mass is 127. The van der Waals surface area contributed by atoms with Crippen LogP contribution in [-0.2, 0) is 9.53 Å². The van der Waals surface area contributed by atoms with Crippen LogP contribution in [0.3, 0.4) is 0 Å². The number of aliphatic imine (C=N–C) groups is 1. The highest BCUT2D eigenvalue weighted by molar-refractivity contribution is 14.0. The predicted octanol–water partition coefficient (Wildman–Crippen LogP) is 2.43. The van der Waals surface area contributed by atoms with Crippen molar-refractivity contribution in [2.75, 3.05) is 46.4 Å². The molecule has 2 heterocycles. The average Bonchev–Trinajstić information content (AvgIpc) is 3.16. The molecule has 3 atom stereocenters. The van der Waals surface area contributed by atoms with Crippen LogP contribution >= 0.6 is 24.0 Å². The van der Waals surface area contributed by atoms with Crippen LogP contribution in [0.15, 0.2) is 4.99 Å². The number of nitrogens with one attached hydrogen (secondary N) is 1. The van der Waals surface area contributed by atoms with Gasteiger partial charge in [0, 0.05) is 32.2 Å². The van der Waals surface area contributed by atoms with E-state index in [0.717, 1.165) is 32.1 Å². The molecule has 1 N–H and O–H groups in total. The molecule has 0 radical (unpaired) electrons. The topological polar surface area (TPSA) is 57.2 Å². The molecular formula is C19H37IN4O2. The van der Waals surface area contributed by atoms with E-state index >= 15 is 0 Å². The molecule has 2 unspecified atom stereocenters. The van der Waals surface area contributed by atoms with Gasteiger partial charge >= 0.3 is 5.97 Å². The summed E-state index contributed by atoms with van der Waals surface area (Å²) in [6, 6.07) is 0.549. The monoisotopic (exact) mass is 480 g/mol. The summed E-state index contributed by atoms with van der Waals surface area (Å²) in [4.78, 5) is 21.7. The lowest BCUT2D eigenvalue weighted by Crippen LogP contribution is -2.42. The van der Waals surface area contributed by atoms with E-state index in [2.05, 4.69) is 42.8 Å². The molecular weight excluding hydrogens is 443 g/mol. The number of likely N-dealkylation sites (tertiary alicyclic amines) is 2. The highest BCUT2D eigenvalue weighted by Crippen LogP contribution is 2.24. The van der Waals surface area contributed by atoms with Crippen LogP contribution in [0, 0.1) is 17.8 Å². The van der Waals surface area contributed by atoms with Gasteiger partial charge in [-0.25, -0.2) is 0 Å². The van der Waals surface area contributed by atoms with E-state index in [1.807, 2.05) is 0 Å². The second kappa shape index (κ2) is 11.3. The molecule has 7 heteroatoms. The summed E-state index contributed by atoms with van der Waals surface area (Å²) in [5.41, 5.74) is 0. The third kappa shape index (κ3) is 6.25. The second-order valence-electron chi connectivity index (χ2n) is 7.89. The largest absolute Gasteiger partial charge is 0.469 e. The van der Waals surface area contributed by atoms with E-state index in [1.165, 1.54) is 26.5 Å². The lowest BCUT2D eigenvalue weighted by Gasteiger charge is -2.26. The van der Waals surface area contributed by atoms with E-state index in [0.29, 0.717) is 24.4 Å². The molecule has 2 aliphatic rings. The molecule has 0 spiro atoms. The standard InChI is InChI=1S/C19H36N4O2.HI/c1-6-20-19(23-12-15(4)17(13-23)18(24)25-5)21-10-16-8-7-9-22(16)11-14(2)3;/h14-17H,6-13H2,1-5H3,(H,20,21);1H/t15?,16-,17?;/m1./s1. The lowest BCUT2D eigenvalue weighted by atomic mass is 9.99. The van der Waals surface area contributed by atoms with E-state index in [1.54, 1.807) is 0 Å². The first-order valence-electron chi connectivity index (χ1n) is 9.81. The van der Waals surface area contributed by atoms with Crippen LogP contribution in [0.25, 0.3) is 0 Å². The van der Waals surface area contributed by atoms with E-state index < -0.39 is 0 Å². The van der Waals surface area contributed by atoms with Crippen LogP contribution in [0.4, 0.5) is 0 Å². The van der Waals surface area contributed by atoms with Crippen LogP contribution in [-0.4, -0.2) is 74.1 Å². The number of ether oxygens (including phenoxy) is 1. The van der Waals surface area contributed by atoms with Crippen molar-refractivity contribution in [3.63, 3.8) is 0 Å². The third-order valence-electron chi connectivity index (χ3n) is 5.30. The average molecular weight is 480 g/mol. The first-order chi connectivity index (χ1) is 12.0. The van der Waals surface area contributed by atoms with Crippen molar-refractivity contribution in [2.24, 2.45) is 22.7 Å². The minimum absolute atomic E-state index is 0. The van der Waals surface area contributed by atoms with Gasteiger partial charge in [-0.1, -0.05) is 20.8 Å². The Bertz CT molecular complexity index is 472. The van der Waals surface area contributed by atoms with Crippen LogP contribution < -0.4 is 5.32 Å². The quantitative estimate of drug-likeness (QED) is 0.274. The van der Waals surface area contributed by atoms with Crippen molar-refractivity contribution in [1.29, 1.82) is 0 Å². The van der Waals surface area contributed by atoms with Gasteiger partial charge in [0.15, 0.2) is 5.96 Å². The van der Waals surface area contributed by atoms with Crippen LogP contribution in [0.2, 0.25) is 0 Å². The van der Waals surface area contributed by atoms with Gasteiger partial charge in [-0.2, -0.15) is 0 Å². The first kappa shape index (κ1) is 23.5. The number of carbonyl (C=O) groups excluding carboxylic acids is 1.